The van der Waals surface area contributed by atoms with Crippen molar-refractivity contribution in [2.24, 2.45) is 0 Å². The molecule has 1 saturated carbocycles. The molecule has 0 radical (unpaired) electrons. The third-order valence-corrected chi connectivity index (χ3v) is 4.20. The molecular formula is C16H20N4. The summed E-state index contributed by atoms with van der Waals surface area (Å²) in [6.45, 7) is 3.10. The first-order valence-electron chi connectivity index (χ1n) is 7.50. The molecule has 20 heavy (non-hydrogen) atoms. The molecule has 4 nitrogen and oxygen atoms in total. The van der Waals surface area contributed by atoms with Crippen LogP contribution in [0.4, 0.5) is 11.4 Å². The molecule has 0 atom stereocenters. The van der Waals surface area contributed by atoms with Crippen molar-refractivity contribution in [3.63, 3.8) is 0 Å². The van der Waals surface area contributed by atoms with Gasteiger partial charge in [-0.3, -0.25) is 0 Å². The molecular weight excluding hydrogens is 248 g/mol. The zero-order valence-corrected chi connectivity index (χ0v) is 11.6. The molecule has 2 aliphatic rings. The van der Waals surface area contributed by atoms with Crippen molar-refractivity contribution in [2.45, 2.75) is 31.8 Å². The number of nitrogens with one attached hydrogen (secondary N) is 1. The van der Waals surface area contributed by atoms with E-state index < -0.39 is 0 Å². The minimum absolute atomic E-state index is 0.702. The second-order valence-electron chi connectivity index (χ2n) is 5.74. The minimum atomic E-state index is 0.702. The zero-order chi connectivity index (χ0) is 13.4. The molecule has 1 aromatic carbocycles. The first-order valence-corrected chi connectivity index (χ1v) is 7.50. The van der Waals surface area contributed by atoms with E-state index in [1.54, 1.807) is 0 Å². The van der Waals surface area contributed by atoms with Gasteiger partial charge in [-0.15, -0.1) is 0 Å². The summed E-state index contributed by atoms with van der Waals surface area (Å²) in [7, 11) is 0. The number of rotatable bonds is 3. The van der Waals surface area contributed by atoms with Crippen LogP contribution < -0.4 is 10.2 Å². The molecule has 0 saturated heterocycles. The maximum Gasteiger partial charge on any atom is 0.0951 e. The Labute approximate surface area is 119 Å². The number of imidazole rings is 1. The zero-order valence-electron chi connectivity index (χ0n) is 11.6. The molecule has 1 N–H and O–H groups in total. The summed E-state index contributed by atoms with van der Waals surface area (Å²) < 4.78 is 2.36. The predicted octanol–water partition coefficient (Wildman–Crippen LogP) is 3.04. The fraction of sp³-hybridized carbons (Fsp3) is 0.438. The van der Waals surface area contributed by atoms with Gasteiger partial charge in [0.25, 0.3) is 0 Å². The molecule has 0 amide bonds. The van der Waals surface area contributed by atoms with E-state index in [2.05, 4.69) is 44.0 Å². The van der Waals surface area contributed by atoms with E-state index in [1.165, 1.54) is 36.3 Å². The molecule has 1 aliphatic heterocycles. The van der Waals surface area contributed by atoms with Crippen molar-refractivity contribution in [1.82, 2.24) is 9.55 Å². The van der Waals surface area contributed by atoms with Crippen molar-refractivity contribution in [3.8, 4) is 0 Å². The van der Waals surface area contributed by atoms with Gasteiger partial charge in [0, 0.05) is 25.3 Å². The van der Waals surface area contributed by atoms with Gasteiger partial charge in [-0.2, -0.15) is 0 Å². The van der Waals surface area contributed by atoms with E-state index in [9.17, 15) is 0 Å². The summed E-state index contributed by atoms with van der Waals surface area (Å²) in [5.41, 5.74) is 3.90. The molecule has 4 rings (SSSR count). The Morgan fingerprint density at radius 1 is 1.25 bits per heavy atom. The maximum atomic E-state index is 4.35. The van der Waals surface area contributed by atoms with Crippen LogP contribution in [0, 0.1) is 0 Å². The summed E-state index contributed by atoms with van der Waals surface area (Å²) in [5, 5.41) is 3.52. The van der Waals surface area contributed by atoms with E-state index in [1.807, 2.05) is 12.5 Å². The molecule has 0 unspecified atom stereocenters. The Kier molecular flexibility index (Phi) is 2.87. The molecule has 104 valence electrons. The Balaban J connectivity index is 1.63. The highest BCUT2D eigenvalue weighted by Gasteiger charge is 2.26. The summed E-state index contributed by atoms with van der Waals surface area (Å²) >= 11 is 0. The molecule has 0 bridgehead atoms. The van der Waals surface area contributed by atoms with Gasteiger partial charge in [0.15, 0.2) is 0 Å². The van der Waals surface area contributed by atoms with E-state index >= 15 is 0 Å². The van der Waals surface area contributed by atoms with Crippen LogP contribution in [-0.2, 0) is 6.54 Å². The van der Waals surface area contributed by atoms with Crippen LogP contribution >= 0.6 is 0 Å². The van der Waals surface area contributed by atoms with Crippen LogP contribution in [0.5, 0.6) is 0 Å². The number of hydrogen-bond donors (Lipinski definition) is 1. The van der Waals surface area contributed by atoms with Gasteiger partial charge in [-0.05, 0) is 31.4 Å². The second kappa shape index (κ2) is 4.85. The van der Waals surface area contributed by atoms with Crippen LogP contribution in [0.25, 0.3) is 0 Å². The number of aromatic nitrogens is 2. The third-order valence-electron chi connectivity index (χ3n) is 4.20. The average molecular weight is 268 g/mol. The summed E-state index contributed by atoms with van der Waals surface area (Å²) in [6, 6.07) is 9.31. The lowest BCUT2D eigenvalue weighted by molar-refractivity contribution is 0.663. The van der Waals surface area contributed by atoms with Crippen LogP contribution in [-0.4, -0.2) is 22.6 Å². The van der Waals surface area contributed by atoms with Crippen LogP contribution in [0.15, 0.2) is 36.8 Å². The molecule has 2 aromatic rings. The smallest absolute Gasteiger partial charge is 0.0951 e. The van der Waals surface area contributed by atoms with Gasteiger partial charge < -0.3 is 14.8 Å². The monoisotopic (exact) mass is 268 g/mol. The highest BCUT2D eigenvalue weighted by Crippen LogP contribution is 2.36. The van der Waals surface area contributed by atoms with E-state index in [-0.39, 0.29) is 0 Å². The van der Waals surface area contributed by atoms with E-state index in [0.717, 1.165) is 19.6 Å². The van der Waals surface area contributed by atoms with Crippen molar-refractivity contribution in [1.29, 1.82) is 0 Å². The Morgan fingerprint density at radius 3 is 3.05 bits per heavy atom. The number of para-hydroxylation sites is 2. The fourth-order valence-corrected chi connectivity index (χ4v) is 3.01. The van der Waals surface area contributed by atoms with Crippen molar-refractivity contribution < 1.29 is 0 Å². The van der Waals surface area contributed by atoms with E-state index in [4.69, 9.17) is 0 Å². The number of anilines is 2. The second-order valence-corrected chi connectivity index (χ2v) is 5.74. The Bertz CT molecular complexity index is 600. The number of fused-ring (bicyclic) bond motifs is 1. The first kappa shape index (κ1) is 11.8. The van der Waals surface area contributed by atoms with E-state index in [0.29, 0.717) is 6.04 Å². The van der Waals surface area contributed by atoms with Gasteiger partial charge in [-0.25, -0.2) is 4.98 Å². The van der Waals surface area contributed by atoms with Gasteiger partial charge in [-0.1, -0.05) is 12.1 Å². The summed E-state index contributed by atoms with van der Waals surface area (Å²) in [6.07, 6.45) is 7.81. The van der Waals surface area contributed by atoms with Crippen molar-refractivity contribution in [2.75, 3.05) is 23.3 Å². The minimum Gasteiger partial charge on any atom is -0.383 e. The molecule has 1 fully saturated rings. The first-order chi connectivity index (χ1) is 9.92. The van der Waals surface area contributed by atoms with Crippen molar-refractivity contribution >= 4 is 11.4 Å². The van der Waals surface area contributed by atoms with Crippen LogP contribution in [0.1, 0.15) is 31.0 Å². The molecule has 2 heterocycles. The number of hydrogen-bond acceptors (Lipinski definition) is 3. The number of nitrogens with zero attached hydrogens (tertiary/aromatic N) is 3. The standard InChI is InChI=1S/C16H20N4/c1-2-5-16-15(4-1)18-8-3-9-19(16)11-14-10-17-12-20(14)13-6-7-13/h1-2,4-5,10,12-13,18H,3,6-9,11H2. The summed E-state index contributed by atoms with van der Waals surface area (Å²) in [4.78, 5) is 6.83. The normalized spacial score (nSPS) is 18.3. The quantitative estimate of drug-likeness (QED) is 0.929. The molecule has 0 spiro atoms. The highest BCUT2D eigenvalue weighted by molar-refractivity contribution is 5.70. The Hall–Kier alpha value is -1.97. The van der Waals surface area contributed by atoms with Crippen LogP contribution in [0.3, 0.4) is 0 Å². The maximum absolute atomic E-state index is 4.35. The van der Waals surface area contributed by atoms with Gasteiger partial charge in [0.2, 0.25) is 0 Å². The van der Waals surface area contributed by atoms with Crippen molar-refractivity contribution in [3.05, 3.63) is 42.5 Å². The summed E-state index contributed by atoms with van der Waals surface area (Å²) in [5.74, 6) is 0. The lowest BCUT2D eigenvalue weighted by atomic mass is 10.2. The SMILES string of the molecule is c1ccc2c(c1)NCCCN2Cc1cncn1C1CC1. The number of benzene rings is 1. The fourth-order valence-electron chi connectivity index (χ4n) is 3.01. The molecule has 1 aliphatic carbocycles. The Morgan fingerprint density at radius 2 is 2.15 bits per heavy atom. The highest BCUT2D eigenvalue weighted by atomic mass is 15.2. The lowest BCUT2D eigenvalue weighted by Gasteiger charge is -2.24. The molecule has 1 aromatic heterocycles. The topological polar surface area (TPSA) is 33.1 Å². The average Bonchev–Trinajstić information content (AvgIpc) is 3.25. The van der Waals surface area contributed by atoms with Gasteiger partial charge in [0.05, 0.1) is 29.9 Å². The third kappa shape index (κ3) is 2.15. The van der Waals surface area contributed by atoms with Crippen LogP contribution in [0.2, 0.25) is 0 Å². The predicted molar refractivity (Wildman–Crippen MR) is 81.1 cm³/mol. The van der Waals surface area contributed by atoms with Gasteiger partial charge >= 0.3 is 0 Å². The van der Waals surface area contributed by atoms with Gasteiger partial charge in [0.1, 0.15) is 0 Å². The molecule has 4 heteroatoms. The lowest BCUT2D eigenvalue weighted by Crippen LogP contribution is -2.24. The largest absolute Gasteiger partial charge is 0.383 e.